The van der Waals surface area contributed by atoms with Crippen molar-refractivity contribution >= 4 is 28.7 Å². The molecule has 1 aromatic carbocycles. The third-order valence-electron chi connectivity index (χ3n) is 8.45. The van der Waals surface area contributed by atoms with Crippen molar-refractivity contribution in [3.8, 4) is 5.82 Å². The molecule has 0 spiro atoms. The first-order chi connectivity index (χ1) is 19.9. The number of nitrogens with zero attached hydrogens (tertiary/aromatic N) is 6. The zero-order chi connectivity index (χ0) is 28.3. The van der Waals surface area contributed by atoms with Gasteiger partial charge in [0.1, 0.15) is 11.6 Å². The van der Waals surface area contributed by atoms with E-state index < -0.39 is 6.43 Å². The molecular formula is C29H38F2N8O2. The molecule has 2 aromatic heterocycles. The zero-order valence-electron chi connectivity index (χ0n) is 23.4. The summed E-state index contributed by atoms with van der Waals surface area (Å²) in [5.74, 6) is 1.31. The van der Waals surface area contributed by atoms with Gasteiger partial charge < -0.3 is 25.2 Å². The number of amides is 1. The van der Waals surface area contributed by atoms with Crippen LogP contribution < -0.4 is 15.5 Å². The Morgan fingerprint density at radius 1 is 0.976 bits per heavy atom. The number of hydrogen-bond acceptors (Lipinski definition) is 8. The van der Waals surface area contributed by atoms with Crippen LogP contribution in [0.3, 0.4) is 0 Å². The lowest BCUT2D eigenvalue weighted by Gasteiger charge is -2.33. The number of carbonyl (C=O) groups excluding carboxylic acids is 1. The van der Waals surface area contributed by atoms with Crippen LogP contribution in [0.15, 0.2) is 30.3 Å². The van der Waals surface area contributed by atoms with E-state index in [4.69, 9.17) is 14.7 Å². The van der Waals surface area contributed by atoms with Gasteiger partial charge in [-0.05, 0) is 64.3 Å². The molecule has 12 heteroatoms. The first-order valence-electron chi connectivity index (χ1n) is 14.7. The molecule has 3 fully saturated rings. The second-order valence-electron chi connectivity index (χ2n) is 11.4. The van der Waals surface area contributed by atoms with E-state index in [1.807, 2.05) is 6.07 Å². The molecule has 0 radical (unpaired) electrons. The van der Waals surface area contributed by atoms with Gasteiger partial charge in [0, 0.05) is 37.8 Å². The van der Waals surface area contributed by atoms with Crippen LogP contribution in [-0.2, 0) is 9.53 Å². The first kappa shape index (κ1) is 27.8. The Labute approximate surface area is 238 Å². The molecule has 220 valence electrons. The predicted molar refractivity (Wildman–Crippen MR) is 153 cm³/mol. The summed E-state index contributed by atoms with van der Waals surface area (Å²) in [5, 5.41) is 6.76. The van der Waals surface area contributed by atoms with Crippen molar-refractivity contribution < 1.29 is 18.3 Å². The number of alkyl halides is 2. The van der Waals surface area contributed by atoms with Crippen molar-refractivity contribution in [1.29, 1.82) is 0 Å². The maximum absolute atomic E-state index is 14.1. The average Bonchev–Trinajstić information content (AvgIpc) is 3.39. The Kier molecular flexibility index (Phi) is 8.29. The Balaban J connectivity index is 1.20. The molecule has 0 unspecified atom stereocenters. The molecule has 6 rings (SSSR count). The van der Waals surface area contributed by atoms with E-state index in [9.17, 15) is 13.6 Å². The van der Waals surface area contributed by atoms with Crippen LogP contribution in [0.2, 0.25) is 0 Å². The van der Waals surface area contributed by atoms with Crippen molar-refractivity contribution in [3.63, 3.8) is 0 Å². The Hall–Kier alpha value is -3.38. The molecule has 1 atom stereocenters. The lowest BCUT2D eigenvalue weighted by atomic mass is 9.90. The lowest BCUT2D eigenvalue weighted by Crippen LogP contribution is -2.46. The number of hydrogen-bond donors (Lipinski definition) is 2. The number of anilines is 2. The highest BCUT2D eigenvalue weighted by atomic mass is 19.3. The van der Waals surface area contributed by atoms with Gasteiger partial charge in [0.2, 0.25) is 11.9 Å². The second kappa shape index (κ2) is 12.2. The normalized spacial score (nSPS) is 24.1. The van der Waals surface area contributed by atoms with E-state index in [0.717, 1.165) is 51.6 Å². The molecule has 2 aliphatic heterocycles. The van der Waals surface area contributed by atoms with Crippen LogP contribution in [0, 0.1) is 5.92 Å². The number of piperidine rings is 1. The minimum Gasteiger partial charge on any atom is -0.378 e. The number of imidazole rings is 1. The summed E-state index contributed by atoms with van der Waals surface area (Å²) in [4.78, 5) is 30.9. The molecule has 2 saturated heterocycles. The molecule has 3 aliphatic rings. The van der Waals surface area contributed by atoms with Gasteiger partial charge >= 0.3 is 0 Å². The van der Waals surface area contributed by atoms with Crippen molar-refractivity contribution in [1.82, 2.24) is 29.7 Å². The molecular weight excluding hydrogens is 530 g/mol. The fraction of sp³-hybridized carbons (Fsp3) is 0.586. The van der Waals surface area contributed by atoms with Gasteiger partial charge in [0.25, 0.3) is 6.43 Å². The number of carbonyl (C=O) groups is 1. The van der Waals surface area contributed by atoms with Crippen molar-refractivity contribution in [2.45, 2.75) is 57.0 Å². The number of morpholine rings is 1. The minimum atomic E-state index is -2.76. The highest BCUT2D eigenvalue weighted by Gasteiger charge is 2.29. The monoisotopic (exact) mass is 568 g/mol. The highest BCUT2D eigenvalue weighted by molar-refractivity contribution is 5.79. The highest BCUT2D eigenvalue weighted by Crippen LogP contribution is 2.30. The van der Waals surface area contributed by atoms with Gasteiger partial charge in [-0.1, -0.05) is 12.1 Å². The van der Waals surface area contributed by atoms with Crippen LogP contribution in [0.25, 0.3) is 16.9 Å². The number of likely N-dealkylation sites (tertiary alicyclic amines) is 1. The number of para-hydroxylation sites is 2. The summed E-state index contributed by atoms with van der Waals surface area (Å²) in [6, 6.07) is 9.13. The third-order valence-corrected chi connectivity index (χ3v) is 8.45. The van der Waals surface area contributed by atoms with Gasteiger partial charge in [-0.25, -0.2) is 13.8 Å². The van der Waals surface area contributed by atoms with Gasteiger partial charge in [0.05, 0.1) is 30.2 Å². The molecule has 2 N–H and O–H groups in total. The van der Waals surface area contributed by atoms with Gasteiger partial charge in [-0.3, -0.25) is 9.36 Å². The standard InChI is InChI=1S/C29H38F2N8O2/c1-37-12-4-5-19(18-37)28(40)32-20-8-10-21(11-9-20)33-29-35-24(38-13-15-41-16-14-38)17-25(36-29)39-23-7-3-2-6-22(23)34-27(39)26(30)31/h2-3,6-7,17,19-21,26H,4-5,8-16,18H2,1H3,(H,32,40)(H,33,35,36)/t19-,20-,21-/m1/s1. The van der Waals surface area contributed by atoms with Gasteiger partial charge in [-0.15, -0.1) is 0 Å². The van der Waals surface area contributed by atoms with Crippen LogP contribution >= 0.6 is 0 Å². The van der Waals surface area contributed by atoms with E-state index in [-0.39, 0.29) is 29.7 Å². The topological polar surface area (TPSA) is 100 Å². The van der Waals surface area contributed by atoms with Crippen LogP contribution in [0.1, 0.15) is 50.8 Å². The number of aromatic nitrogens is 4. The third kappa shape index (κ3) is 6.28. The summed E-state index contributed by atoms with van der Waals surface area (Å²) in [5.41, 5.74) is 1.06. The fourth-order valence-corrected chi connectivity index (χ4v) is 6.25. The maximum atomic E-state index is 14.1. The van der Waals surface area contributed by atoms with E-state index in [1.165, 1.54) is 4.57 Å². The smallest absolute Gasteiger partial charge is 0.296 e. The van der Waals surface area contributed by atoms with Gasteiger partial charge in [-0.2, -0.15) is 9.97 Å². The van der Waals surface area contributed by atoms with E-state index in [2.05, 4.69) is 32.5 Å². The number of fused-ring (bicyclic) bond motifs is 1. The molecule has 4 heterocycles. The summed E-state index contributed by atoms with van der Waals surface area (Å²) in [6.45, 7) is 4.34. The average molecular weight is 569 g/mol. The second-order valence-corrected chi connectivity index (χ2v) is 11.4. The van der Waals surface area contributed by atoms with Crippen molar-refractivity contribution in [3.05, 3.63) is 36.2 Å². The van der Waals surface area contributed by atoms with Crippen molar-refractivity contribution in [2.24, 2.45) is 5.92 Å². The first-order valence-corrected chi connectivity index (χ1v) is 14.7. The summed E-state index contributed by atoms with van der Waals surface area (Å²) < 4.78 is 35.2. The maximum Gasteiger partial charge on any atom is 0.296 e. The Morgan fingerprint density at radius 2 is 1.71 bits per heavy atom. The van der Waals surface area contributed by atoms with Crippen molar-refractivity contribution in [2.75, 3.05) is 56.7 Å². The molecule has 1 aliphatic carbocycles. The number of ether oxygens (including phenoxy) is 1. The van der Waals surface area contributed by atoms with Crippen LogP contribution in [0.5, 0.6) is 0 Å². The SMILES string of the molecule is CN1CCC[C@@H](C(=O)N[C@H]2CC[C@H](Nc3nc(N4CCOCC4)cc(-n4c(C(F)F)nc5ccccc54)n3)CC2)C1. The Morgan fingerprint density at radius 3 is 2.46 bits per heavy atom. The fourth-order valence-electron chi connectivity index (χ4n) is 6.25. The molecule has 1 saturated carbocycles. The molecule has 41 heavy (non-hydrogen) atoms. The molecule has 10 nitrogen and oxygen atoms in total. The minimum absolute atomic E-state index is 0.0664. The summed E-state index contributed by atoms with van der Waals surface area (Å²) in [6.07, 6.45) is 2.68. The summed E-state index contributed by atoms with van der Waals surface area (Å²) >= 11 is 0. The van der Waals surface area contributed by atoms with Crippen LogP contribution in [-0.4, -0.2) is 88.9 Å². The number of benzene rings is 1. The van der Waals surface area contributed by atoms with Gasteiger partial charge in [0.15, 0.2) is 5.82 Å². The molecule has 1 amide bonds. The molecule has 3 aromatic rings. The van der Waals surface area contributed by atoms with E-state index in [0.29, 0.717) is 54.9 Å². The number of rotatable bonds is 7. The quantitative estimate of drug-likeness (QED) is 0.445. The summed E-state index contributed by atoms with van der Waals surface area (Å²) in [7, 11) is 2.07. The predicted octanol–water partition coefficient (Wildman–Crippen LogP) is 3.77. The Bertz CT molecular complexity index is 1350. The lowest BCUT2D eigenvalue weighted by molar-refractivity contribution is -0.127. The van der Waals surface area contributed by atoms with Crippen LogP contribution in [0.4, 0.5) is 20.5 Å². The largest absolute Gasteiger partial charge is 0.378 e. The zero-order valence-corrected chi connectivity index (χ0v) is 23.4. The number of nitrogens with one attached hydrogen (secondary N) is 2. The van der Waals surface area contributed by atoms with E-state index >= 15 is 0 Å². The number of halogens is 2. The molecule has 0 bridgehead atoms. The van der Waals surface area contributed by atoms with E-state index in [1.54, 1.807) is 24.3 Å².